The van der Waals surface area contributed by atoms with Crippen LogP contribution in [0.5, 0.6) is 0 Å². The molecule has 0 amide bonds. The molecule has 0 heterocycles. The normalized spacial score (nSPS) is 11.7. The molecule has 218 valence electrons. The van der Waals surface area contributed by atoms with E-state index in [1.807, 2.05) is 0 Å². The van der Waals surface area contributed by atoms with Gasteiger partial charge in [-0.25, -0.2) is 0 Å². The van der Waals surface area contributed by atoms with Gasteiger partial charge in [0.1, 0.15) is 0 Å². The summed E-state index contributed by atoms with van der Waals surface area (Å²) in [5, 5.41) is 10.5. The lowest BCUT2D eigenvalue weighted by molar-refractivity contribution is 0.717. The highest BCUT2D eigenvalue weighted by Gasteiger charge is 2.10. The van der Waals surface area contributed by atoms with Gasteiger partial charge < -0.3 is 0 Å². The lowest BCUT2D eigenvalue weighted by Gasteiger charge is -2.12. The van der Waals surface area contributed by atoms with E-state index in [1.165, 1.54) is 128 Å². The minimum absolute atomic E-state index is 1.18. The molecular weight excluding hydrogens is 528 g/mol. The smallest absolute Gasteiger partial charge is 0.00987 e. The molecule has 7 aromatic carbocycles. The fourth-order valence-electron chi connectivity index (χ4n) is 6.95. The summed E-state index contributed by atoms with van der Waals surface area (Å²) < 4.78 is 0. The standard InChI is InChI=1S/C44H42/c1-3-5-7-9-31-11-15-33(16-12-31)35-19-23-39-37(29-35)21-25-43-41(39)27-28-42-40-24-20-36(30-38(40)22-26-44(42)43)34-17-13-32(14-18-34)10-8-6-4-2/h11-30H,3-10H2,1-2H3. The molecule has 7 aromatic rings. The van der Waals surface area contributed by atoms with Crippen LogP contribution in [-0.4, -0.2) is 0 Å². The first-order valence-corrected chi connectivity index (χ1v) is 16.7. The molecule has 0 saturated carbocycles. The van der Waals surface area contributed by atoms with Gasteiger partial charge in [0, 0.05) is 0 Å². The molecule has 7 rings (SSSR count). The summed E-state index contributed by atoms with van der Waals surface area (Å²) in [6.45, 7) is 4.53. The van der Waals surface area contributed by atoms with Crippen LogP contribution in [0.4, 0.5) is 0 Å². The largest absolute Gasteiger partial charge is 0.0654 e. The van der Waals surface area contributed by atoms with Gasteiger partial charge in [0.25, 0.3) is 0 Å². The average Bonchev–Trinajstić information content (AvgIpc) is 3.08. The summed E-state index contributed by atoms with van der Waals surface area (Å²) in [6.07, 6.45) is 10.1. The molecule has 0 aromatic heterocycles. The molecule has 0 N–H and O–H groups in total. The zero-order valence-electron chi connectivity index (χ0n) is 26.2. The monoisotopic (exact) mass is 570 g/mol. The third-order valence-electron chi connectivity index (χ3n) is 9.54. The second-order valence-electron chi connectivity index (χ2n) is 12.6. The number of fused-ring (bicyclic) bond motifs is 7. The van der Waals surface area contributed by atoms with E-state index in [0.717, 1.165) is 0 Å². The summed E-state index contributed by atoms with van der Waals surface area (Å²) in [7, 11) is 0. The molecular formula is C44H42. The molecule has 0 aliphatic rings. The molecule has 0 heteroatoms. The Morgan fingerprint density at radius 1 is 0.318 bits per heavy atom. The topological polar surface area (TPSA) is 0 Å². The van der Waals surface area contributed by atoms with Crippen LogP contribution < -0.4 is 0 Å². The van der Waals surface area contributed by atoms with Gasteiger partial charge in [0.15, 0.2) is 0 Å². The maximum Gasteiger partial charge on any atom is -0.00987 e. The van der Waals surface area contributed by atoms with Crippen molar-refractivity contribution in [1.29, 1.82) is 0 Å². The Hall–Kier alpha value is -4.42. The van der Waals surface area contributed by atoms with E-state index in [9.17, 15) is 0 Å². The van der Waals surface area contributed by atoms with Crippen LogP contribution in [0.25, 0.3) is 65.3 Å². The first-order valence-electron chi connectivity index (χ1n) is 16.7. The van der Waals surface area contributed by atoms with Crippen LogP contribution in [-0.2, 0) is 12.8 Å². The maximum absolute atomic E-state index is 2.35. The van der Waals surface area contributed by atoms with Gasteiger partial charge in [-0.15, -0.1) is 0 Å². The Morgan fingerprint density at radius 3 is 1.07 bits per heavy atom. The second kappa shape index (κ2) is 12.7. The van der Waals surface area contributed by atoms with Crippen molar-refractivity contribution in [3.63, 3.8) is 0 Å². The fourth-order valence-corrected chi connectivity index (χ4v) is 6.95. The predicted octanol–water partition coefficient (Wildman–Crippen LogP) is 13.1. The van der Waals surface area contributed by atoms with E-state index in [0.29, 0.717) is 0 Å². The number of unbranched alkanes of at least 4 members (excludes halogenated alkanes) is 4. The van der Waals surface area contributed by atoms with E-state index < -0.39 is 0 Å². The Morgan fingerprint density at radius 2 is 0.659 bits per heavy atom. The van der Waals surface area contributed by atoms with Crippen molar-refractivity contribution < 1.29 is 0 Å². The van der Waals surface area contributed by atoms with Gasteiger partial charge in [-0.3, -0.25) is 0 Å². The third kappa shape index (κ3) is 5.62. The van der Waals surface area contributed by atoms with Gasteiger partial charge in [-0.05, 0) is 114 Å². The molecule has 0 unspecified atom stereocenters. The van der Waals surface area contributed by atoms with Gasteiger partial charge >= 0.3 is 0 Å². The van der Waals surface area contributed by atoms with Gasteiger partial charge in [-0.2, -0.15) is 0 Å². The highest BCUT2D eigenvalue weighted by atomic mass is 14.1. The first kappa shape index (κ1) is 28.4. The SMILES string of the molecule is CCCCCc1ccc(-c2ccc3c(ccc4c3ccc3c5ccc(-c6ccc(CCCCC)cc6)cc5ccc34)c2)cc1. The number of hydrogen-bond acceptors (Lipinski definition) is 0. The molecule has 0 fully saturated rings. The number of aryl methyl sites for hydroxylation is 2. The van der Waals surface area contributed by atoms with Crippen LogP contribution in [0.2, 0.25) is 0 Å². The summed E-state index contributed by atoms with van der Waals surface area (Å²) in [4.78, 5) is 0. The Labute approximate surface area is 262 Å². The average molecular weight is 571 g/mol. The molecule has 0 radical (unpaired) electrons. The van der Waals surface area contributed by atoms with Crippen molar-refractivity contribution in [3.05, 3.63) is 132 Å². The second-order valence-corrected chi connectivity index (χ2v) is 12.6. The lowest BCUT2D eigenvalue weighted by Crippen LogP contribution is -1.87. The minimum Gasteiger partial charge on any atom is -0.0654 e. The molecule has 0 saturated heterocycles. The predicted molar refractivity (Wildman–Crippen MR) is 194 cm³/mol. The van der Waals surface area contributed by atoms with E-state index in [-0.39, 0.29) is 0 Å². The molecule has 0 aliphatic carbocycles. The molecule has 44 heavy (non-hydrogen) atoms. The number of rotatable bonds is 10. The quantitative estimate of drug-likeness (QED) is 0.113. The zero-order chi connectivity index (χ0) is 29.9. The van der Waals surface area contributed by atoms with Crippen LogP contribution >= 0.6 is 0 Å². The summed E-state index contributed by atoms with van der Waals surface area (Å²) in [6, 6.07) is 46.2. The molecule has 0 aliphatic heterocycles. The van der Waals surface area contributed by atoms with Crippen LogP contribution in [0.1, 0.15) is 63.5 Å². The van der Waals surface area contributed by atoms with Crippen molar-refractivity contribution in [2.45, 2.75) is 65.2 Å². The lowest BCUT2D eigenvalue weighted by atomic mass is 9.92. The van der Waals surface area contributed by atoms with Crippen molar-refractivity contribution in [1.82, 2.24) is 0 Å². The molecule has 0 atom stereocenters. The van der Waals surface area contributed by atoms with Gasteiger partial charge in [-0.1, -0.05) is 149 Å². The zero-order valence-corrected chi connectivity index (χ0v) is 26.2. The highest BCUT2D eigenvalue weighted by molar-refractivity contribution is 6.22. The first-order chi connectivity index (χ1) is 21.7. The number of hydrogen-bond donors (Lipinski definition) is 0. The minimum atomic E-state index is 1.18. The molecule has 0 spiro atoms. The van der Waals surface area contributed by atoms with Crippen molar-refractivity contribution in [2.24, 2.45) is 0 Å². The Bertz CT molecular complexity index is 1910. The fraction of sp³-hybridized carbons (Fsp3) is 0.227. The van der Waals surface area contributed by atoms with Crippen molar-refractivity contribution in [2.75, 3.05) is 0 Å². The van der Waals surface area contributed by atoms with E-state index in [4.69, 9.17) is 0 Å². The molecule has 0 bridgehead atoms. The third-order valence-corrected chi connectivity index (χ3v) is 9.54. The van der Waals surface area contributed by atoms with Gasteiger partial charge in [0.05, 0.1) is 0 Å². The van der Waals surface area contributed by atoms with Crippen LogP contribution in [0.15, 0.2) is 121 Å². The van der Waals surface area contributed by atoms with E-state index in [1.54, 1.807) is 0 Å². The molecule has 0 nitrogen and oxygen atoms in total. The summed E-state index contributed by atoms with van der Waals surface area (Å²) in [5.74, 6) is 0. The van der Waals surface area contributed by atoms with E-state index >= 15 is 0 Å². The Balaban J connectivity index is 1.19. The number of benzene rings is 7. The van der Waals surface area contributed by atoms with Crippen molar-refractivity contribution in [3.8, 4) is 22.3 Å². The summed E-state index contributed by atoms with van der Waals surface area (Å²) in [5.41, 5.74) is 8.03. The highest BCUT2D eigenvalue weighted by Crippen LogP contribution is 2.37. The maximum atomic E-state index is 2.35. The van der Waals surface area contributed by atoms with Crippen LogP contribution in [0.3, 0.4) is 0 Å². The van der Waals surface area contributed by atoms with Crippen LogP contribution in [0, 0.1) is 0 Å². The van der Waals surface area contributed by atoms with Gasteiger partial charge in [0.2, 0.25) is 0 Å². The summed E-state index contributed by atoms with van der Waals surface area (Å²) >= 11 is 0. The Kier molecular flexibility index (Phi) is 8.16. The van der Waals surface area contributed by atoms with Crippen molar-refractivity contribution >= 4 is 43.1 Å². The van der Waals surface area contributed by atoms with E-state index in [2.05, 4.69) is 135 Å².